The van der Waals surface area contributed by atoms with Gasteiger partial charge in [-0.2, -0.15) is 0 Å². The summed E-state index contributed by atoms with van der Waals surface area (Å²) in [6.07, 6.45) is 0. The topological polar surface area (TPSA) is 30.7 Å². The second-order valence-corrected chi connectivity index (χ2v) is 17.7. The molecule has 0 unspecified atom stereocenters. The van der Waals surface area contributed by atoms with Gasteiger partial charge in [0.2, 0.25) is 5.95 Å². The van der Waals surface area contributed by atoms with E-state index in [2.05, 4.69) is 170 Å². The summed E-state index contributed by atoms with van der Waals surface area (Å²) in [4.78, 5) is 12.4. The predicted octanol–water partition coefficient (Wildman–Crippen LogP) is 14.6. The van der Waals surface area contributed by atoms with Crippen molar-refractivity contribution >= 4 is 106 Å². The molecule has 12 aromatic rings. The molecule has 0 saturated heterocycles. The van der Waals surface area contributed by atoms with Gasteiger partial charge in [0.1, 0.15) is 4.83 Å². The van der Waals surface area contributed by atoms with E-state index in [4.69, 9.17) is 9.97 Å². The van der Waals surface area contributed by atoms with Gasteiger partial charge in [-0.25, -0.2) is 9.97 Å². The third kappa shape index (κ3) is 3.91. The zero-order valence-corrected chi connectivity index (χ0v) is 32.2. The Morgan fingerprint density at radius 1 is 0.500 bits per heavy atom. The molecule has 56 heavy (non-hydrogen) atoms. The Balaban J connectivity index is 1.21. The maximum absolute atomic E-state index is 5.75. The minimum Gasteiger partial charge on any atom is -0.277 e. The molecule has 0 atom stereocenters. The molecular formula is C51H31N3S2. The van der Waals surface area contributed by atoms with Crippen LogP contribution < -0.4 is 0 Å². The molecule has 0 saturated carbocycles. The molecular weight excluding hydrogens is 719 g/mol. The fourth-order valence-electron chi connectivity index (χ4n) is 9.88. The van der Waals surface area contributed by atoms with Crippen LogP contribution in [0.2, 0.25) is 0 Å². The highest BCUT2D eigenvalue weighted by molar-refractivity contribution is 7.27. The number of para-hydroxylation sites is 1. The molecule has 1 aliphatic carbocycles. The monoisotopic (exact) mass is 749 g/mol. The predicted molar refractivity (Wildman–Crippen MR) is 240 cm³/mol. The normalized spacial score (nSPS) is 13.7. The van der Waals surface area contributed by atoms with Crippen molar-refractivity contribution in [3.8, 4) is 28.3 Å². The van der Waals surface area contributed by atoms with E-state index in [9.17, 15) is 0 Å². The van der Waals surface area contributed by atoms with E-state index in [0.29, 0.717) is 5.95 Å². The molecule has 0 spiro atoms. The van der Waals surface area contributed by atoms with Crippen molar-refractivity contribution in [3.63, 3.8) is 0 Å². The Morgan fingerprint density at radius 3 is 2.11 bits per heavy atom. The van der Waals surface area contributed by atoms with Crippen LogP contribution >= 0.6 is 22.7 Å². The van der Waals surface area contributed by atoms with Gasteiger partial charge in [-0.3, -0.25) is 4.57 Å². The molecule has 262 valence electrons. The van der Waals surface area contributed by atoms with Gasteiger partial charge in [0.05, 0.1) is 16.7 Å². The summed E-state index contributed by atoms with van der Waals surface area (Å²) in [7, 11) is 0. The Morgan fingerprint density at radius 2 is 1.21 bits per heavy atom. The molecule has 8 aromatic carbocycles. The van der Waals surface area contributed by atoms with Crippen molar-refractivity contribution in [2.45, 2.75) is 19.3 Å². The smallest absolute Gasteiger partial charge is 0.236 e. The zero-order chi connectivity index (χ0) is 36.9. The second kappa shape index (κ2) is 10.9. The minimum absolute atomic E-state index is 0.136. The van der Waals surface area contributed by atoms with Crippen LogP contribution in [0.5, 0.6) is 0 Å². The first kappa shape index (κ1) is 30.9. The first-order valence-electron chi connectivity index (χ1n) is 19.2. The first-order valence-corrected chi connectivity index (χ1v) is 20.8. The van der Waals surface area contributed by atoms with Crippen LogP contribution in [0.3, 0.4) is 0 Å². The summed E-state index contributed by atoms with van der Waals surface area (Å²) in [6.45, 7) is 4.71. The summed E-state index contributed by atoms with van der Waals surface area (Å²) in [5, 5.41) is 12.3. The Hall–Kier alpha value is -6.40. The Bertz CT molecular complexity index is 3690. The molecule has 5 heteroatoms. The van der Waals surface area contributed by atoms with E-state index >= 15 is 0 Å². The lowest BCUT2D eigenvalue weighted by Gasteiger charge is -2.22. The van der Waals surface area contributed by atoms with E-state index in [1.54, 1.807) is 11.3 Å². The lowest BCUT2D eigenvalue weighted by molar-refractivity contribution is 0.660. The number of nitrogens with zero attached hydrogens (tertiary/aromatic N) is 3. The van der Waals surface area contributed by atoms with Gasteiger partial charge in [0, 0.05) is 62.8 Å². The van der Waals surface area contributed by atoms with Crippen molar-refractivity contribution < 1.29 is 0 Å². The van der Waals surface area contributed by atoms with E-state index < -0.39 is 0 Å². The maximum Gasteiger partial charge on any atom is 0.236 e. The highest BCUT2D eigenvalue weighted by Gasteiger charge is 2.36. The molecule has 4 heterocycles. The van der Waals surface area contributed by atoms with Crippen LogP contribution in [0.4, 0.5) is 0 Å². The molecule has 1 aliphatic rings. The number of aromatic nitrogens is 3. The number of benzene rings is 8. The van der Waals surface area contributed by atoms with Gasteiger partial charge in [-0.05, 0) is 56.6 Å². The van der Waals surface area contributed by atoms with Crippen molar-refractivity contribution in [1.82, 2.24) is 14.5 Å². The van der Waals surface area contributed by atoms with E-state index in [1.807, 2.05) is 11.3 Å². The molecule has 0 amide bonds. The van der Waals surface area contributed by atoms with Gasteiger partial charge in [0.25, 0.3) is 0 Å². The molecule has 13 rings (SSSR count). The average molecular weight is 750 g/mol. The van der Waals surface area contributed by atoms with Gasteiger partial charge < -0.3 is 0 Å². The van der Waals surface area contributed by atoms with E-state index in [0.717, 1.165) is 27.0 Å². The summed E-state index contributed by atoms with van der Waals surface area (Å²) >= 11 is 3.67. The van der Waals surface area contributed by atoms with Crippen molar-refractivity contribution in [1.29, 1.82) is 0 Å². The number of hydrogen-bond donors (Lipinski definition) is 0. The molecule has 0 radical (unpaired) electrons. The SMILES string of the molecule is CC1(C)c2ccccc2-c2ccc(-c3nc(-n4c5ccccc5c5c6ccccc6c6sc7ccccc7c6c54)nc4sc5c6ccccc6ccc5c34)cc21. The number of hydrogen-bond acceptors (Lipinski definition) is 4. The molecule has 0 aliphatic heterocycles. The number of rotatable bonds is 2. The van der Waals surface area contributed by atoms with Gasteiger partial charge in [0.15, 0.2) is 0 Å². The van der Waals surface area contributed by atoms with E-state index in [1.165, 1.54) is 90.3 Å². The summed E-state index contributed by atoms with van der Waals surface area (Å²) in [5.41, 5.74) is 9.57. The zero-order valence-electron chi connectivity index (χ0n) is 30.6. The maximum atomic E-state index is 5.75. The fourth-order valence-corrected chi connectivity index (χ4v) is 12.3. The highest BCUT2D eigenvalue weighted by Crippen LogP contribution is 2.52. The van der Waals surface area contributed by atoms with E-state index in [-0.39, 0.29) is 5.41 Å². The third-order valence-electron chi connectivity index (χ3n) is 12.4. The van der Waals surface area contributed by atoms with Gasteiger partial charge >= 0.3 is 0 Å². The fraction of sp³-hybridized carbons (Fsp3) is 0.0588. The van der Waals surface area contributed by atoms with Crippen LogP contribution in [0.25, 0.3) is 112 Å². The largest absolute Gasteiger partial charge is 0.277 e. The minimum atomic E-state index is -0.136. The van der Waals surface area contributed by atoms with Crippen molar-refractivity contribution in [2.75, 3.05) is 0 Å². The standard InChI is InChI=1S/C51H31N3S2/c1-51(2)38-20-10-7-15-31(38)32-25-24-29(27-39(32)51)45-43-37-26-23-28-13-3-4-14-30(28)47(37)56-49(43)53-50(52-45)54-40-21-11-8-18-35(40)42-33-16-5-6-17-34(33)48-44(46(42)54)36-19-9-12-22-41(36)55-48/h3-27H,1-2H3. The quantitative estimate of drug-likeness (QED) is 0.176. The lowest BCUT2D eigenvalue weighted by atomic mass is 9.82. The average Bonchev–Trinajstić information content (AvgIpc) is 3.98. The molecule has 3 nitrogen and oxygen atoms in total. The second-order valence-electron chi connectivity index (χ2n) is 15.7. The number of thiophene rings is 2. The first-order chi connectivity index (χ1) is 27.5. The molecule has 0 fully saturated rings. The van der Waals surface area contributed by atoms with Crippen LogP contribution in [-0.2, 0) is 5.41 Å². The molecule has 0 N–H and O–H groups in total. The summed E-state index contributed by atoms with van der Waals surface area (Å²) < 4.78 is 6.21. The summed E-state index contributed by atoms with van der Waals surface area (Å²) in [5.74, 6) is 0.699. The summed E-state index contributed by atoms with van der Waals surface area (Å²) in [6, 6.07) is 55.7. The van der Waals surface area contributed by atoms with Crippen LogP contribution in [-0.4, -0.2) is 14.5 Å². The Labute approximate surface area is 329 Å². The highest BCUT2D eigenvalue weighted by atomic mass is 32.1. The lowest BCUT2D eigenvalue weighted by Crippen LogP contribution is -2.15. The van der Waals surface area contributed by atoms with Crippen LogP contribution in [0.15, 0.2) is 152 Å². The molecule has 4 aromatic heterocycles. The Kier molecular flexibility index (Phi) is 6.00. The number of fused-ring (bicyclic) bond motifs is 18. The third-order valence-corrected chi connectivity index (χ3v) is 14.8. The van der Waals surface area contributed by atoms with Crippen LogP contribution in [0.1, 0.15) is 25.0 Å². The van der Waals surface area contributed by atoms with Crippen molar-refractivity contribution in [3.05, 3.63) is 163 Å². The molecule has 0 bridgehead atoms. The van der Waals surface area contributed by atoms with Gasteiger partial charge in [-0.15, -0.1) is 22.7 Å². The van der Waals surface area contributed by atoms with Crippen LogP contribution in [0, 0.1) is 0 Å². The van der Waals surface area contributed by atoms with Crippen molar-refractivity contribution in [2.24, 2.45) is 0 Å². The van der Waals surface area contributed by atoms with Gasteiger partial charge in [-0.1, -0.05) is 147 Å².